The molecule has 31 heavy (non-hydrogen) atoms. The highest BCUT2D eigenvalue weighted by atomic mass is 19.4. The van der Waals surface area contributed by atoms with Crippen LogP contribution in [0.25, 0.3) is 27.8 Å². The summed E-state index contributed by atoms with van der Waals surface area (Å²) in [6.45, 7) is 0.838. The first kappa shape index (κ1) is 19.8. The van der Waals surface area contributed by atoms with Crippen molar-refractivity contribution in [2.45, 2.75) is 51.2 Å². The summed E-state index contributed by atoms with van der Waals surface area (Å²) in [6.07, 6.45) is 6.69. The van der Waals surface area contributed by atoms with Crippen molar-refractivity contribution < 1.29 is 13.2 Å². The zero-order valence-electron chi connectivity index (χ0n) is 17.0. The third-order valence-corrected chi connectivity index (χ3v) is 5.84. The Kier molecular flexibility index (Phi) is 4.79. The Morgan fingerprint density at radius 2 is 1.90 bits per heavy atom. The fourth-order valence-electron chi connectivity index (χ4n) is 4.44. The number of fused-ring (bicyclic) bond motifs is 2. The lowest BCUT2D eigenvalue weighted by Crippen LogP contribution is -2.22. The van der Waals surface area contributed by atoms with Gasteiger partial charge in [-0.1, -0.05) is 19.3 Å². The molecule has 4 aromatic heterocycles. The minimum absolute atomic E-state index is 0.0773. The summed E-state index contributed by atoms with van der Waals surface area (Å²) >= 11 is 0. The van der Waals surface area contributed by atoms with E-state index in [1.54, 1.807) is 12.4 Å². The summed E-state index contributed by atoms with van der Waals surface area (Å²) < 4.78 is 41.1. The van der Waals surface area contributed by atoms with Crippen LogP contribution in [0.4, 0.5) is 19.1 Å². The summed E-state index contributed by atoms with van der Waals surface area (Å²) in [4.78, 5) is 13.3. The van der Waals surface area contributed by atoms with Crippen LogP contribution in [0.3, 0.4) is 0 Å². The number of anilines is 1. The van der Waals surface area contributed by atoms with Crippen molar-refractivity contribution in [2.24, 2.45) is 0 Å². The van der Waals surface area contributed by atoms with E-state index in [4.69, 9.17) is 0 Å². The molecule has 0 radical (unpaired) electrons. The molecule has 0 unspecified atom stereocenters. The lowest BCUT2D eigenvalue weighted by atomic mass is 9.95. The van der Waals surface area contributed by atoms with Crippen LogP contribution in [0, 0.1) is 6.92 Å². The average molecular weight is 429 g/mol. The van der Waals surface area contributed by atoms with E-state index < -0.39 is 12.7 Å². The SMILES string of the molecule is Cc1nc2ncc(-c3ccn4nc(NCC(F)(F)F)ncc34)cc2n1C1CCCCC1. The molecule has 0 aromatic carbocycles. The molecule has 1 fully saturated rings. The van der Waals surface area contributed by atoms with Crippen LogP contribution in [-0.2, 0) is 0 Å². The Hall–Kier alpha value is -3.17. The second-order valence-corrected chi connectivity index (χ2v) is 8.00. The highest BCUT2D eigenvalue weighted by Crippen LogP contribution is 2.34. The van der Waals surface area contributed by atoms with E-state index in [1.807, 2.05) is 13.0 Å². The first-order valence-electron chi connectivity index (χ1n) is 10.4. The van der Waals surface area contributed by atoms with Gasteiger partial charge in [-0.3, -0.25) is 0 Å². The minimum Gasteiger partial charge on any atom is -0.344 e. The zero-order chi connectivity index (χ0) is 21.6. The van der Waals surface area contributed by atoms with Gasteiger partial charge in [0, 0.05) is 29.6 Å². The van der Waals surface area contributed by atoms with E-state index in [9.17, 15) is 13.2 Å². The van der Waals surface area contributed by atoms with Gasteiger partial charge in [0.25, 0.3) is 0 Å². The Balaban J connectivity index is 1.51. The number of halogens is 3. The molecule has 0 amide bonds. The fraction of sp³-hybridized carbons (Fsp3) is 0.429. The molecule has 0 bridgehead atoms. The van der Waals surface area contributed by atoms with E-state index >= 15 is 0 Å². The van der Waals surface area contributed by atoms with E-state index in [0.717, 1.165) is 41.0 Å². The molecule has 7 nitrogen and oxygen atoms in total. The molecule has 5 rings (SSSR count). The Morgan fingerprint density at radius 3 is 2.68 bits per heavy atom. The first-order chi connectivity index (χ1) is 14.9. The van der Waals surface area contributed by atoms with Crippen LogP contribution in [-0.4, -0.2) is 41.9 Å². The van der Waals surface area contributed by atoms with Crippen molar-refractivity contribution in [1.82, 2.24) is 29.1 Å². The predicted molar refractivity (Wildman–Crippen MR) is 111 cm³/mol. The van der Waals surface area contributed by atoms with Gasteiger partial charge in [-0.25, -0.2) is 19.5 Å². The summed E-state index contributed by atoms with van der Waals surface area (Å²) in [5.41, 5.74) is 4.19. The van der Waals surface area contributed by atoms with Gasteiger partial charge < -0.3 is 9.88 Å². The molecule has 1 N–H and O–H groups in total. The van der Waals surface area contributed by atoms with Crippen molar-refractivity contribution in [3.63, 3.8) is 0 Å². The van der Waals surface area contributed by atoms with E-state index in [2.05, 4.69) is 36.0 Å². The second kappa shape index (κ2) is 7.51. The van der Waals surface area contributed by atoms with Crippen molar-refractivity contribution in [3.8, 4) is 11.1 Å². The highest BCUT2D eigenvalue weighted by Gasteiger charge is 2.27. The maximum Gasteiger partial charge on any atom is 0.405 e. The number of aromatic nitrogens is 6. The van der Waals surface area contributed by atoms with Crippen LogP contribution in [0.5, 0.6) is 0 Å². The number of hydrogen-bond donors (Lipinski definition) is 1. The molecule has 0 aliphatic heterocycles. The summed E-state index contributed by atoms with van der Waals surface area (Å²) in [6, 6.07) is 4.39. The van der Waals surface area contributed by atoms with Crippen molar-refractivity contribution in [1.29, 1.82) is 0 Å². The molecule has 4 aromatic rings. The molecule has 1 saturated carbocycles. The van der Waals surface area contributed by atoms with Crippen LogP contribution in [0.2, 0.25) is 0 Å². The van der Waals surface area contributed by atoms with Gasteiger partial charge in [0.1, 0.15) is 12.4 Å². The maximum atomic E-state index is 12.4. The first-order valence-corrected chi connectivity index (χ1v) is 10.4. The standard InChI is InChI=1S/C21H22F3N7/c1-13-28-19-17(31(13)15-5-3-2-4-6-15)9-14(10-25-19)16-7-8-30-18(16)11-26-20(29-30)27-12-21(22,23)24/h7-11,15H,2-6,12H2,1H3,(H,27,29). The number of rotatable bonds is 4. The lowest BCUT2D eigenvalue weighted by Gasteiger charge is -2.24. The van der Waals surface area contributed by atoms with Crippen LogP contribution >= 0.6 is 0 Å². The fourth-order valence-corrected chi connectivity index (χ4v) is 4.44. The smallest absolute Gasteiger partial charge is 0.344 e. The van der Waals surface area contributed by atoms with Crippen molar-refractivity contribution in [3.05, 3.63) is 36.5 Å². The van der Waals surface area contributed by atoms with Crippen LogP contribution < -0.4 is 5.32 Å². The largest absolute Gasteiger partial charge is 0.405 e. The van der Waals surface area contributed by atoms with Crippen molar-refractivity contribution >= 4 is 22.6 Å². The van der Waals surface area contributed by atoms with Gasteiger partial charge in [0.05, 0.1) is 17.2 Å². The average Bonchev–Trinajstić information content (AvgIpc) is 3.31. The van der Waals surface area contributed by atoms with E-state index in [0.29, 0.717) is 11.6 Å². The highest BCUT2D eigenvalue weighted by molar-refractivity contribution is 5.85. The number of imidazole rings is 1. The molecule has 0 spiro atoms. The zero-order valence-corrected chi connectivity index (χ0v) is 17.0. The number of pyridine rings is 1. The number of hydrogen-bond acceptors (Lipinski definition) is 5. The molecule has 0 saturated heterocycles. The Morgan fingerprint density at radius 1 is 1.10 bits per heavy atom. The van der Waals surface area contributed by atoms with Crippen LogP contribution in [0.15, 0.2) is 30.7 Å². The molecule has 10 heteroatoms. The molecule has 1 aliphatic rings. The topological polar surface area (TPSA) is 72.9 Å². The minimum atomic E-state index is -4.33. The maximum absolute atomic E-state index is 12.4. The molecule has 0 atom stereocenters. The predicted octanol–water partition coefficient (Wildman–Crippen LogP) is 4.93. The number of nitrogens with one attached hydrogen (secondary N) is 1. The number of nitrogens with zero attached hydrogens (tertiary/aromatic N) is 6. The monoisotopic (exact) mass is 429 g/mol. The summed E-state index contributed by atoms with van der Waals surface area (Å²) in [7, 11) is 0. The molecule has 162 valence electrons. The third kappa shape index (κ3) is 3.82. The Bertz CT molecular complexity index is 1240. The quantitative estimate of drug-likeness (QED) is 0.498. The van der Waals surface area contributed by atoms with Gasteiger partial charge in [-0.05, 0) is 31.9 Å². The van der Waals surface area contributed by atoms with E-state index in [1.165, 1.54) is 30.0 Å². The second-order valence-electron chi connectivity index (χ2n) is 8.00. The number of alkyl halides is 3. The third-order valence-electron chi connectivity index (χ3n) is 5.84. The van der Waals surface area contributed by atoms with Gasteiger partial charge in [0.15, 0.2) is 5.65 Å². The molecular weight excluding hydrogens is 407 g/mol. The molecular formula is C21H22F3N7. The van der Waals surface area contributed by atoms with Gasteiger partial charge >= 0.3 is 6.18 Å². The summed E-state index contributed by atoms with van der Waals surface area (Å²) in [5.74, 6) is 0.892. The molecule has 4 heterocycles. The van der Waals surface area contributed by atoms with Crippen LogP contribution in [0.1, 0.15) is 44.0 Å². The number of aryl methyl sites for hydroxylation is 1. The lowest BCUT2D eigenvalue weighted by molar-refractivity contribution is -0.115. The van der Waals surface area contributed by atoms with Gasteiger partial charge in [0.2, 0.25) is 5.95 Å². The van der Waals surface area contributed by atoms with Crippen molar-refractivity contribution in [2.75, 3.05) is 11.9 Å². The normalized spacial score (nSPS) is 15.7. The van der Waals surface area contributed by atoms with Gasteiger partial charge in [-0.15, -0.1) is 5.10 Å². The Labute approximate surface area is 176 Å². The van der Waals surface area contributed by atoms with E-state index in [-0.39, 0.29) is 5.95 Å². The van der Waals surface area contributed by atoms with Gasteiger partial charge in [-0.2, -0.15) is 13.2 Å². The summed E-state index contributed by atoms with van der Waals surface area (Å²) in [5, 5.41) is 6.34. The molecule has 1 aliphatic carbocycles.